The van der Waals surface area contributed by atoms with Crippen LogP contribution in [0, 0.1) is 0 Å². The zero-order valence-corrected chi connectivity index (χ0v) is 11.5. The first-order valence-electron chi connectivity index (χ1n) is 5.94. The third-order valence-electron chi connectivity index (χ3n) is 2.71. The molecular weight excluding hydrogens is 250 g/mol. The van der Waals surface area contributed by atoms with Crippen molar-refractivity contribution in [1.29, 1.82) is 0 Å². The molecule has 0 bridgehead atoms. The zero-order valence-electron chi connectivity index (χ0n) is 11.5. The van der Waals surface area contributed by atoms with Gasteiger partial charge in [-0.2, -0.15) is 0 Å². The van der Waals surface area contributed by atoms with Gasteiger partial charge in [-0.05, 0) is 12.1 Å². The number of aliphatic hydroxyl groups excluding tert-OH is 1. The minimum Gasteiger partial charge on any atom is -0.493 e. The molecule has 108 valence electrons. The molecule has 0 saturated carbocycles. The Hall–Kier alpha value is -1.50. The fourth-order valence-corrected chi connectivity index (χ4v) is 1.86. The predicted octanol–water partition coefficient (Wildman–Crippen LogP) is 0.721. The highest BCUT2D eigenvalue weighted by atomic mass is 16.5. The van der Waals surface area contributed by atoms with Crippen LogP contribution < -0.4 is 19.9 Å². The van der Waals surface area contributed by atoms with Crippen LogP contribution in [-0.4, -0.2) is 46.2 Å². The van der Waals surface area contributed by atoms with Crippen LogP contribution in [-0.2, 0) is 4.74 Å². The van der Waals surface area contributed by atoms with Gasteiger partial charge in [0.15, 0.2) is 11.5 Å². The first-order valence-corrected chi connectivity index (χ1v) is 5.94. The quantitative estimate of drug-likeness (QED) is 0.725. The van der Waals surface area contributed by atoms with Gasteiger partial charge in [0, 0.05) is 12.1 Å². The number of rotatable bonds is 8. The second-order valence-corrected chi connectivity index (χ2v) is 3.74. The Morgan fingerprint density at radius 2 is 1.79 bits per heavy atom. The first-order chi connectivity index (χ1) is 9.23. The molecule has 1 atom stereocenters. The molecule has 0 radical (unpaired) electrons. The molecule has 6 heteroatoms. The van der Waals surface area contributed by atoms with Crippen molar-refractivity contribution in [3.05, 3.63) is 17.7 Å². The summed E-state index contributed by atoms with van der Waals surface area (Å²) >= 11 is 0. The van der Waals surface area contributed by atoms with Gasteiger partial charge in [-0.15, -0.1) is 0 Å². The molecule has 1 unspecified atom stereocenters. The van der Waals surface area contributed by atoms with E-state index in [0.29, 0.717) is 17.2 Å². The molecule has 1 aromatic rings. The number of aliphatic hydroxyl groups is 1. The van der Waals surface area contributed by atoms with Crippen molar-refractivity contribution in [2.45, 2.75) is 6.10 Å². The average Bonchev–Trinajstić information content (AvgIpc) is 2.46. The summed E-state index contributed by atoms with van der Waals surface area (Å²) in [5.74, 6) is 1.59. The van der Waals surface area contributed by atoms with Crippen LogP contribution >= 0.6 is 0 Å². The molecule has 0 saturated heterocycles. The van der Waals surface area contributed by atoms with Gasteiger partial charge in [0.05, 0.1) is 40.6 Å². The van der Waals surface area contributed by atoms with E-state index in [0.717, 1.165) is 5.56 Å². The standard InChI is InChI=1S/C13H21NO5/c1-16-10-5-4-9(11(8-14)19-7-6-15)12(17-2)13(10)18-3/h4-5,11,15H,6-8,14H2,1-3H3. The number of ether oxygens (including phenoxy) is 4. The molecule has 3 N–H and O–H groups in total. The van der Waals surface area contributed by atoms with Crippen LogP contribution in [0.25, 0.3) is 0 Å². The van der Waals surface area contributed by atoms with Gasteiger partial charge < -0.3 is 29.8 Å². The highest BCUT2D eigenvalue weighted by Crippen LogP contribution is 2.42. The van der Waals surface area contributed by atoms with Crippen LogP contribution in [0.4, 0.5) is 0 Å². The lowest BCUT2D eigenvalue weighted by atomic mass is 10.1. The van der Waals surface area contributed by atoms with Crippen LogP contribution in [0.3, 0.4) is 0 Å². The minimum absolute atomic E-state index is 0.0634. The highest BCUT2D eigenvalue weighted by Gasteiger charge is 2.21. The van der Waals surface area contributed by atoms with E-state index >= 15 is 0 Å². The van der Waals surface area contributed by atoms with Gasteiger partial charge in [-0.3, -0.25) is 0 Å². The molecule has 19 heavy (non-hydrogen) atoms. The largest absolute Gasteiger partial charge is 0.493 e. The topological polar surface area (TPSA) is 83.2 Å². The maximum Gasteiger partial charge on any atom is 0.203 e. The summed E-state index contributed by atoms with van der Waals surface area (Å²) in [6, 6.07) is 3.58. The summed E-state index contributed by atoms with van der Waals surface area (Å²) in [7, 11) is 4.64. The Kier molecular flexibility index (Phi) is 6.41. The molecule has 0 fully saturated rings. The number of hydrogen-bond donors (Lipinski definition) is 2. The van der Waals surface area contributed by atoms with E-state index in [1.54, 1.807) is 20.3 Å². The third kappa shape index (κ3) is 3.50. The number of nitrogens with two attached hydrogens (primary N) is 1. The predicted molar refractivity (Wildman–Crippen MR) is 70.9 cm³/mol. The second kappa shape index (κ2) is 7.83. The van der Waals surface area contributed by atoms with E-state index in [1.165, 1.54) is 7.11 Å². The van der Waals surface area contributed by atoms with E-state index in [9.17, 15) is 0 Å². The summed E-state index contributed by atoms with van der Waals surface area (Å²) < 4.78 is 21.4. The fraction of sp³-hybridized carbons (Fsp3) is 0.538. The van der Waals surface area contributed by atoms with Crippen molar-refractivity contribution in [1.82, 2.24) is 0 Å². The molecule has 0 aromatic heterocycles. The smallest absolute Gasteiger partial charge is 0.203 e. The lowest BCUT2D eigenvalue weighted by molar-refractivity contribution is 0.0314. The van der Waals surface area contributed by atoms with Gasteiger partial charge in [0.25, 0.3) is 0 Å². The van der Waals surface area contributed by atoms with Crippen LogP contribution in [0.1, 0.15) is 11.7 Å². The third-order valence-corrected chi connectivity index (χ3v) is 2.71. The lowest BCUT2D eigenvalue weighted by Crippen LogP contribution is -2.18. The van der Waals surface area contributed by atoms with E-state index in [2.05, 4.69) is 0 Å². The summed E-state index contributed by atoms with van der Waals surface area (Å²) in [6.07, 6.45) is -0.373. The molecule has 0 amide bonds. The van der Waals surface area contributed by atoms with Crippen molar-refractivity contribution in [2.24, 2.45) is 5.73 Å². The van der Waals surface area contributed by atoms with Gasteiger partial charge in [0.2, 0.25) is 5.75 Å². The van der Waals surface area contributed by atoms with Gasteiger partial charge in [-0.1, -0.05) is 0 Å². The van der Waals surface area contributed by atoms with Crippen molar-refractivity contribution in [3.8, 4) is 17.2 Å². The minimum atomic E-state index is -0.373. The summed E-state index contributed by atoms with van der Waals surface area (Å²) in [5.41, 5.74) is 6.46. The molecule has 0 aliphatic rings. The van der Waals surface area contributed by atoms with Crippen molar-refractivity contribution < 1.29 is 24.1 Å². The highest BCUT2D eigenvalue weighted by molar-refractivity contribution is 5.56. The first kappa shape index (κ1) is 15.6. The summed E-state index contributed by atoms with van der Waals surface area (Å²) in [6.45, 7) is 0.414. The average molecular weight is 271 g/mol. The van der Waals surface area contributed by atoms with Gasteiger partial charge in [-0.25, -0.2) is 0 Å². The maximum absolute atomic E-state index is 8.83. The normalized spacial score (nSPS) is 12.1. The van der Waals surface area contributed by atoms with E-state index < -0.39 is 0 Å². The van der Waals surface area contributed by atoms with Gasteiger partial charge in [0.1, 0.15) is 0 Å². The Bertz CT molecular complexity index is 397. The van der Waals surface area contributed by atoms with Crippen molar-refractivity contribution >= 4 is 0 Å². The summed E-state index contributed by atoms with van der Waals surface area (Å²) in [5, 5.41) is 8.83. The Morgan fingerprint density at radius 3 is 2.26 bits per heavy atom. The Labute approximate surface area is 113 Å². The van der Waals surface area contributed by atoms with Crippen LogP contribution in [0.15, 0.2) is 12.1 Å². The Morgan fingerprint density at radius 1 is 1.11 bits per heavy atom. The van der Waals surface area contributed by atoms with Gasteiger partial charge >= 0.3 is 0 Å². The summed E-state index contributed by atoms with van der Waals surface area (Å²) in [4.78, 5) is 0. The molecular formula is C13H21NO5. The molecule has 0 aliphatic heterocycles. The number of hydrogen-bond acceptors (Lipinski definition) is 6. The van der Waals surface area contributed by atoms with Crippen LogP contribution in [0.5, 0.6) is 17.2 Å². The van der Waals surface area contributed by atoms with E-state index in [4.69, 9.17) is 29.8 Å². The lowest BCUT2D eigenvalue weighted by Gasteiger charge is -2.21. The second-order valence-electron chi connectivity index (χ2n) is 3.74. The monoisotopic (exact) mass is 271 g/mol. The molecule has 6 nitrogen and oxygen atoms in total. The van der Waals surface area contributed by atoms with E-state index in [1.807, 2.05) is 6.07 Å². The zero-order chi connectivity index (χ0) is 14.3. The fourth-order valence-electron chi connectivity index (χ4n) is 1.86. The number of benzene rings is 1. The molecule has 0 aliphatic carbocycles. The molecule has 0 spiro atoms. The molecule has 1 rings (SSSR count). The van der Waals surface area contributed by atoms with Crippen molar-refractivity contribution in [3.63, 3.8) is 0 Å². The van der Waals surface area contributed by atoms with Crippen LogP contribution in [0.2, 0.25) is 0 Å². The number of methoxy groups -OCH3 is 3. The molecule has 1 aromatic carbocycles. The Balaban J connectivity index is 3.18. The molecule has 0 heterocycles. The van der Waals surface area contributed by atoms with E-state index in [-0.39, 0.29) is 25.9 Å². The van der Waals surface area contributed by atoms with Crippen molar-refractivity contribution in [2.75, 3.05) is 41.1 Å². The SMILES string of the molecule is COc1ccc(C(CN)OCCO)c(OC)c1OC. The maximum atomic E-state index is 8.83.